The molecule has 0 saturated carbocycles. The van der Waals surface area contributed by atoms with Crippen LogP contribution in [0.1, 0.15) is 37.8 Å². The second kappa shape index (κ2) is 13.4. The van der Waals surface area contributed by atoms with Crippen molar-refractivity contribution in [2.75, 3.05) is 24.1 Å². The van der Waals surface area contributed by atoms with Gasteiger partial charge < -0.3 is 9.47 Å². The van der Waals surface area contributed by atoms with Crippen molar-refractivity contribution >= 4 is 27.8 Å². The first-order valence-electron chi connectivity index (χ1n) is 12.3. The third kappa shape index (κ3) is 7.45. The highest BCUT2D eigenvalue weighted by molar-refractivity contribution is 7.92. The van der Waals surface area contributed by atoms with Crippen molar-refractivity contribution in [2.45, 2.75) is 31.6 Å². The molecular weight excluding hydrogens is 502 g/mol. The second-order valence-electron chi connectivity index (χ2n) is 8.60. The fourth-order valence-electron chi connectivity index (χ4n) is 3.55. The molecule has 0 saturated heterocycles. The molecule has 1 amide bonds. The lowest BCUT2D eigenvalue weighted by molar-refractivity contribution is -0.119. The number of nitrogens with one attached hydrogen (secondary N) is 1. The average Bonchev–Trinajstić information content (AvgIpc) is 2.92. The van der Waals surface area contributed by atoms with Crippen LogP contribution in [0, 0.1) is 0 Å². The van der Waals surface area contributed by atoms with E-state index < -0.39 is 22.5 Å². The van der Waals surface area contributed by atoms with E-state index in [2.05, 4.69) is 31.0 Å². The Hall–Kier alpha value is -4.11. The normalized spacial score (nSPS) is 11.4. The highest BCUT2D eigenvalue weighted by Crippen LogP contribution is 2.28. The Bertz CT molecular complexity index is 1350. The zero-order valence-corrected chi connectivity index (χ0v) is 22.6. The highest BCUT2D eigenvalue weighted by atomic mass is 32.2. The van der Waals surface area contributed by atoms with E-state index in [0.29, 0.717) is 36.0 Å². The molecule has 0 aliphatic rings. The number of rotatable bonds is 13. The predicted molar refractivity (Wildman–Crippen MR) is 151 cm³/mol. The minimum atomic E-state index is -4.00. The first kappa shape index (κ1) is 28.5. The fraction of sp³-hybridized carbons (Fsp3) is 0.241. The SMILES string of the molecule is C=CCOc1ccc(/C=N/NC(=O)CN(c2ccc(C(C)C)cc2)S(=O)(=O)c2ccccc2)cc1OCC. The first-order valence-corrected chi connectivity index (χ1v) is 13.7. The van der Waals surface area contributed by atoms with Gasteiger partial charge in [0.15, 0.2) is 11.5 Å². The fourth-order valence-corrected chi connectivity index (χ4v) is 4.99. The number of benzene rings is 3. The van der Waals surface area contributed by atoms with Crippen LogP contribution in [0.5, 0.6) is 11.5 Å². The smallest absolute Gasteiger partial charge is 0.264 e. The monoisotopic (exact) mass is 535 g/mol. The number of carbonyl (C=O) groups is 1. The van der Waals surface area contributed by atoms with Gasteiger partial charge >= 0.3 is 0 Å². The van der Waals surface area contributed by atoms with E-state index in [-0.39, 0.29) is 10.8 Å². The summed E-state index contributed by atoms with van der Waals surface area (Å²) in [6.07, 6.45) is 3.09. The lowest BCUT2D eigenvalue weighted by Crippen LogP contribution is -2.39. The second-order valence-corrected chi connectivity index (χ2v) is 10.5. The lowest BCUT2D eigenvalue weighted by Gasteiger charge is -2.24. The first-order chi connectivity index (χ1) is 18.3. The maximum Gasteiger partial charge on any atom is 0.264 e. The van der Waals surface area contributed by atoms with E-state index in [1.165, 1.54) is 18.3 Å². The highest BCUT2D eigenvalue weighted by Gasteiger charge is 2.27. The van der Waals surface area contributed by atoms with Gasteiger partial charge in [-0.05, 0) is 66.4 Å². The zero-order valence-electron chi connectivity index (χ0n) is 21.8. The molecule has 0 heterocycles. The van der Waals surface area contributed by atoms with Crippen molar-refractivity contribution in [1.29, 1.82) is 0 Å². The summed E-state index contributed by atoms with van der Waals surface area (Å²) in [5.41, 5.74) is 4.53. The van der Waals surface area contributed by atoms with Crippen molar-refractivity contribution in [3.8, 4) is 11.5 Å². The molecule has 0 unspecified atom stereocenters. The summed E-state index contributed by atoms with van der Waals surface area (Å²) in [4.78, 5) is 12.9. The van der Waals surface area contributed by atoms with Gasteiger partial charge in [-0.1, -0.05) is 56.8 Å². The van der Waals surface area contributed by atoms with Crippen LogP contribution in [0.25, 0.3) is 0 Å². The van der Waals surface area contributed by atoms with Gasteiger partial charge in [-0.25, -0.2) is 13.8 Å². The van der Waals surface area contributed by atoms with Gasteiger partial charge in [-0.3, -0.25) is 9.10 Å². The average molecular weight is 536 g/mol. The minimum absolute atomic E-state index is 0.0893. The number of anilines is 1. The third-order valence-electron chi connectivity index (χ3n) is 5.49. The Labute approximate surface area is 224 Å². The summed E-state index contributed by atoms with van der Waals surface area (Å²) in [7, 11) is -4.00. The van der Waals surface area contributed by atoms with Gasteiger partial charge in [-0.15, -0.1) is 0 Å². The Balaban J connectivity index is 1.79. The summed E-state index contributed by atoms with van der Waals surface area (Å²) in [6.45, 7) is 9.95. The molecule has 0 bridgehead atoms. The number of carbonyl (C=O) groups excluding carboxylic acids is 1. The number of hydrogen-bond donors (Lipinski definition) is 1. The summed E-state index contributed by atoms with van der Waals surface area (Å²) >= 11 is 0. The summed E-state index contributed by atoms with van der Waals surface area (Å²) < 4.78 is 39.2. The van der Waals surface area contributed by atoms with E-state index in [1.807, 2.05) is 19.1 Å². The van der Waals surface area contributed by atoms with Gasteiger partial charge in [0.25, 0.3) is 15.9 Å². The number of amides is 1. The zero-order chi connectivity index (χ0) is 27.5. The number of ether oxygens (including phenoxy) is 2. The van der Waals surface area contributed by atoms with Crippen molar-refractivity contribution in [3.05, 3.63) is 96.6 Å². The van der Waals surface area contributed by atoms with Crippen LogP contribution in [-0.4, -0.2) is 40.3 Å². The molecule has 1 N–H and O–H groups in total. The van der Waals surface area contributed by atoms with Crippen LogP contribution < -0.4 is 19.2 Å². The van der Waals surface area contributed by atoms with Crippen LogP contribution in [0.15, 0.2) is 95.4 Å². The van der Waals surface area contributed by atoms with Crippen LogP contribution in [0.4, 0.5) is 5.69 Å². The molecule has 0 radical (unpaired) electrons. The van der Waals surface area contributed by atoms with E-state index in [9.17, 15) is 13.2 Å². The van der Waals surface area contributed by atoms with Crippen molar-refractivity contribution < 1.29 is 22.7 Å². The molecule has 38 heavy (non-hydrogen) atoms. The molecule has 0 aliphatic carbocycles. The predicted octanol–water partition coefficient (Wildman–Crippen LogP) is 5.12. The van der Waals surface area contributed by atoms with Crippen molar-refractivity contribution in [3.63, 3.8) is 0 Å². The third-order valence-corrected chi connectivity index (χ3v) is 7.28. The van der Waals surface area contributed by atoms with Crippen molar-refractivity contribution in [1.82, 2.24) is 5.43 Å². The van der Waals surface area contributed by atoms with Gasteiger partial charge in [0.1, 0.15) is 13.2 Å². The van der Waals surface area contributed by atoms with E-state index in [1.54, 1.807) is 54.6 Å². The molecule has 0 spiro atoms. The lowest BCUT2D eigenvalue weighted by atomic mass is 10.0. The maximum atomic E-state index is 13.5. The van der Waals surface area contributed by atoms with Crippen LogP contribution in [0.3, 0.4) is 0 Å². The number of hydrazone groups is 1. The Morgan fingerprint density at radius 3 is 2.37 bits per heavy atom. The number of sulfonamides is 1. The molecule has 200 valence electrons. The molecule has 9 heteroatoms. The van der Waals surface area contributed by atoms with Crippen LogP contribution >= 0.6 is 0 Å². The summed E-state index contributed by atoms with van der Waals surface area (Å²) in [5, 5.41) is 4.01. The van der Waals surface area contributed by atoms with Gasteiger partial charge in [-0.2, -0.15) is 5.10 Å². The molecule has 8 nitrogen and oxygen atoms in total. The molecule has 3 aromatic carbocycles. The Morgan fingerprint density at radius 2 is 1.74 bits per heavy atom. The quantitative estimate of drug-likeness (QED) is 0.186. The molecular formula is C29H33N3O5S. The number of nitrogens with zero attached hydrogens (tertiary/aromatic N) is 2. The summed E-state index contributed by atoms with van der Waals surface area (Å²) in [5.74, 6) is 0.796. The molecule has 0 atom stereocenters. The van der Waals surface area contributed by atoms with Gasteiger partial charge in [0, 0.05) is 0 Å². The van der Waals surface area contributed by atoms with Crippen LogP contribution in [0.2, 0.25) is 0 Å². The van der Waals surface area contributed by atoms with E-state index >= 15 is 0 Å². The molecule has 3 aromatic rings. The summed E-state index contributed by atoms with van der Waals surface area (Å²) in [6, 6.07) is 20.4. The minimum Gasteiger partial charge on any atom is -0.490 e. The molecule has 0 fully saturated rings. The Morgan fingerprint density at radius 1 is 1.03 bits per heavy atom. The molecule has 3 rings (SSSR count). The van der Waals surface area contributed by atoms with E-state index in [0.717, 1.165) is 9.87 Å². The van der Waals surface area contributed by atoms with Crippen molar-refractivity contribution in [2.24, 2.45) is 5.10 Å². The van der Waals surface area contributed by atoms with Crippen LogP contribution in [-0.2, 0) is 14.8 Å². The molecule has 0 aromatic heterocycles. The van der Waals surface area contributed by atoms with Gasteiger partial charge in [0.05, 0.1) is 23.4 Å². The largest absolute Gasteiger partial charge is 0.490 e. The maximum absolute atomic E-state index is 13.5. The number of hydrogen-bond acceptors (Lipinski definition) is 6. The van der Waals surface area contributed by atoms with E-state index in [4.69, 9.17) is 9.47 Å². The van der Waals surface area contributed by atoms with Gasteiger partial charge in [0.2, 0.25) is 0 Å². The molecule has 0 aliphatic heterocycles. The standard InChI is InChI=1S/C29H33N3O5S/c1-5-18-37-27-17-12-23(19-28(27)36-6-2)20-30-31-29(33)21-32(25-15-13-24(14-16-25)22(3)4)38(34,35)26-10-8-7-9-11-26/h5,7-17,19-20,22H,1,6,18,21H2,2-4H3,(H,31,33)/b30-20+. The Kier molecular flexibility index (Phi) is 10.1. The topological polar surface area (TPSA) is 97.3 Å².